The first-order chi connectivity index (χ1) is 11.9. The summed E-state index contributed by atoms with van der Waals surface area (Å²) in [6.07, 6.45) is 0.902. The van der Waals surface area contributed by atoms with Gasteiger partial charge in [0.1, 0.15) is 0 Å². The molecule has 132 valence electrons. The van der Waals surface area contributed by atoms with Gasteiger partial charge in [-0.2, -0.15) is 0 Å². The molecule has 0 bridgehead atoms. The van der Waals surface area contributed by atoms with Crippen LogP contribution in [-0.4, -0.2) is 31.9 Å². The van der Waals surface area contributed by atoms with Gasteiger partial charge in [0.2, 0.25) is 5.91 Å². The van der Waals surface area contributed by atoms with E-state index in [1.54, 1.807) is 24.3 Å². The maximum Gasteiger partial charge on any atom is 0.228 e. The van der Waals surface area contributed by atoms with E-state index < -0.39 is 9.84 Å². The molecular formula is C18H19ClN2O3S. The molecule has 1 heterocycles. The van der Waals surface area contributed by atoms with E-state index in [4.69, 9.17) is 11.6 Å². The van der Waals surface area contributed by atoms with E-state index >= 15 is 0 Å². The molecule has 0 aromatic heterocycles. The van der Waals surface area contributed by atoms with Crippen LogP contribution in [0, 0.1) is 0 Å². The van der Waals surface area contributed by atoms with Crippen molar-refractivity contribution in [1.82, 2.24) is 0 Å². The Labute approximate surface area is 152 Å². The van der Waals surface area contributed by atoms with Crippen molar-refractivity contribution in [2.75, 3.05) is 22.1 Å². The molecular weight excluding hydrogens is 360 g/mol. The van der Waals surface area contributed by atoms with Gasteiger partial charge in [-0.15, -0.1) is 0 Å². The first-order valence-corrected chi connectivity index (χ1v) is 10.2. The van der Waals surface area contributed by atoms with Crippen molar-refractivity contribution >= 4 is 38.7 Å². The molecule has 0 spiro atoms. The van der Waals surface area contributed by atoms with E-state index in [0.29, 0.717) is 17.1 Å². The topological polar surface area (TPSA) is 75.3 Å². The van der Waals surface area contributed by atoms with Crippen molar-refractivity contribution in [2.24, 2.45) is 0 Å². The Kier molecular flexibility index (Phi) is 5.30. The zero-order valence-electron chi connectivity index (χ0n) is 13.5. The fourth-order valence-corrected chi connectivity index (χ4v) is 4.59. The lowest BCUT2D eigenvalue weighted by atomic mass is 10.1. The lowest BCUT2D eigenvalue weighted by Gasteiger charge is -2.13. The molecule has 3 rings (SSSR count). The van der Waals surface area contributed by atoms with Gasteiger partial charge in [0.05, 0.1) is 17.9 Å². The van der Waals surface area contributed by atoms with Crippen LogP contribution in [0.1, 0.15) is 12.0 Å². The summed E-state index contributed by atoms with van der Waals surface area (Å²) in [6, 6.07) is 14.4. The molecule has 1 amide bonds. The first kappa shape index (κ1) is 17.8. The zero-order chi connectivity index (χ0) is 17.9. The van der Waals surface area contributed by atoms with Crippen LogP contribution >= 0.6 is 11.6 Å². The smallest absolute Gasteiger partial charge is 0.228 e. The van der Waals surface area contributed by atoms with Crippen molar-refractivity contribution in [3.63, 3.8) is 0 Å². The predicted octanol–water partition coefficient (Wildman–Crippen LogP) is 3.12. The third kappa shape index (κ3) is 5.21. The number of rotatable bonds is 5. The first-order valence-electron chi connectivity index (χ1n) is 8.01. The second-order valence-corrected chi connectivity index (χ2v) is 8.84. The average molecular weight is 379 g/mol. The van der Waals surface area contributed by atoms with Crippen molar-refractivity contribution in [3.05, 3.63) is 59.1 Å². The molecule has 2 N–H and O–H groups in total. The van der Waals surface area contributed by atoms with Crippen molar-refractivity contribution < 1.29 is 13.2 Å². The average Bonchev–Trinajstić information content (AvgIpc) is 2.90. The third-order valence-corrected chi connectivity index (χ3v) is 6.07. The van der Waals surface area contributed by atoms with Crippen molar-refractivity contribution in [2.45, 2.75) is 18.9 Å². The number of sulfone groups is 1. The molecule has 0 radical (unpaired) electrons. The second kappa shape index (κ2) is 7.45. The van der Waals surface area contributed by atoms with Gasteiger partial charge in [0.25, 0.3) is 0 Å². The van der Waals surface area contributed by atoms with Gasteiger partial charge >= 0.3 is 0 Å². The Hall–Kier alpha value is -2.05. The lowest BCUT2D eigenvalue weighted by Crippen LogP contribution is -2.20. The maximum absolute atomic E-state index is 12.1. The Morgan fingerprint density at radius 2 is 1.68 bits per heavy atom. The van der Waals surface area contributed by atoms with Crippen LogP contribution in [0.5, 0.6) is 0 Å². The van der Waals surface area contributed by atoms with E-state index in [1.165, 1.54) is 0 Å². The molecule has 0 aliphatic carbocycles. The highest BCUT2D eigenvalue weighted by molar-refractivity contribution is 7.91. The molecule has 2 aromatic carbocycles. The van der Waals surface area contributed by atoms with Gasteiger partial charge < -0.3 is 10.6 Å². The van der Waals surface area contributed by atoms with Gasteiger partial charge in [-0.25, -0.2) is 8.42 Å². The van der Waals surface area contributed by atoms with Crippen LogP contribution in [-0.2, 0) is 21.1 Å². The maximum atomic E-state index is 12.1. The van der Waals surface area contributed by atoms with Gasteiger partial charge in [-0.1, -0.05) is 23.7 Å². The number of halogens is 1. The highest BCUT2D eigenvalue weighted by Crippen LogP contribution is 2.19. The molecule has 1 fully saturated rings. The fourth-order valence-electron chi connectivity index (χ4n) is 2.79. The molecule has 1 atom stereocenters. The quantitative estimate of drug-likeness (QED) is 0.838. The molecule has 5 nitrogen and oxygen atoms in total. The van der Waals surface area contributed by atoms with E-state index in [2.05, 4.69) is 10.6 Å². The molecule has 1 aliphatic rings. The molecule has 25 heavy (non-hydrogen) atoms. The minimum absolute atomic E-state index is 0.0460. The molecule has 0 saturated carbocycles. The van der Waals surface area contributed by atoms with Crippen LogP contribution in [0.4, 0.5) is 11.4 Å². The number of hydrogen-bond acceptors (Lipinski definition) is 4. The van der Waals surface area contributed by atoms with Gasteiger partial charge in [0, 0.05) is 22.4 Å². The van der Waals surface area contributed by atoms with Gasteiger partial charge in [-0.05, 0) is 48.4 Å². The SMILES string of the molecule is O=C(Cc1ccc(Cl)cc1)Nc1ccc(NC2CCS(=O)(=O)C2)cc1. The molecule has 1 unspecified atom stereocenters. The van der Waals surface area contributed by atoms with Crippen LogP contribution < -0.4 is 10.6 Å². The van der Waals surface area contributed by atoms with Crippen molar-refractivity contribution in [3.8, 4) is 0 Å². The third-order valence-electron chi connectivity index (χ3n) is 4.05. The molecule has 2 aromatic rings. The van der Waals surface area contributed by atoms with Crippen LogP contribution in [0.2, 0.25) is 5.02 Å². The normalized spacial score (nSPS) is 18.7. The molecule has 1 saturated heterocycles. The zero-order valence-corrected chi connectivity index (χ0v) is 15.1. The second-order valence-electron chi connectivity index (χ2n) is 6.17. The number of carbonyl (C=O) groups excluding carboxylic acids is 1. The minimum atomic E-state index is -2.90. The summed E-state index contributed by atoms with van der Waals surface area (Å²) in [6.45, 7) is 0. The van der Waals surface area contributed by atoms with Gasteiger partial charge in [-0.3, -0.25) is 4.79 Å². The minimum Gasteiger partial charge on any atom is -0.381 e. The van der Waals surface area contributed by atoms with E-state index in [9.17, 15) is 13.2 Å². The van der Waals surface area contributed by atoms with E-state index in [1.807, 2.05) is 24.3 Å². The lowest BCUT2D eigenvalue weighted by molar-refractivity contribution is -0.115. The van der Waals surface area contributed by atoms with Crippen LogP contribution in [0.15, 0.2) is 48.5 Å². The monoisotopic (exact) mass is 378 g/mol. The Bertz CT molecular complexity index is 849. The Morgan fingerprint density at radius 1 is 1.04 bits per heavy atom. The summed E-state index contributed by atoms with van der Waals surface area (Å²) in [5, 5.41) is 6.70. The summed E-state index contributed by atoms with van der Waals surface area (Å²) < 4.78 is 23.0. The van der Waals surface area contributed by atoms with Gasteiger partial charge in [0.15, 0.2) is 9.84 Å². The van der Waals surface area contributed by atoms with Crippen LogP contribution in [0.25, 0.3) is 0 Å². The largest absolute Gasteiger partial charge is 0.381 e. The highest BCUT2D eigenvalue weighted by Gasteiger charge is 2.27. The number of benzene rings is 2. The number of carbonyl (C=O) groups is 1. The summed E-state index contributed by atoms with van der Waals surface area (Å²) in [4.78, 5) is 12.1. The fraction of sp³-hybridized carbons (Fsp3) is 0.278. The summed E-state index contributed by atoms with van der Waals surface area (Å²) >= 11 is 5.83. The number of amides is 1. The van der Waals surface area contributed by atoms with E-state index in [0.717, 1.165) is 11.3 Å². The molecule has 1 aliphatic heterocycles. The van der Waals surface area contributed by atoms with Crippen molar-refractivity contribution in [1.29, 1.82) is 0 Å². The summed E-state index contributed by atoms with van der Waals surface area (Å²) in [5.41, 5.74) is 2.43. The standard InChI is InChI=1S/C18H19ClN2O3S/c19-14-3-1-13(2-4-14)11-18(22)21-16-7-5-15(6-8-16)20-17-9-10-25(23,24)12-17/h1-8,17,20H,9-12H2,(H,21,22). The summed E-state index contributed by atoms with van der Waals surface area (Å²) in [7, 11) is -2.90. The van der Waals surface area contributed by atoms with E-state index in [-0.39, 0.29) is 29.9 Å². The number of hydrogen-bond donors (Lipinski definition) is 2. The highest BCUT2D eigenvalue weighted by atomic mass is 35.5. The molecule has 7 heteroatoms. The number of nitrogens with one attached hydrogen (secondary N) is 2. The predicted molar refractivity (Wildman–Crippen MR) is 101 cm³/mol. The number of anilines is 2. The van der Waals surface area contributed by atoms with Crippen LogP contribution in [0.3, 0.4) is 0 Å². The Balaban J connectivity index is 1.53. The summed E-state index contributed by atoms with van der Waals surface area (Å²) in [5.74, 6) is 0.306. The Morgan fingerprint density at radius 3 is 2.28 bits per heavy atom.